The largest absolute Gasteiger partial charge is 0.481 e. The second kappa shape index (κ2) is 5.29. The molecular weight excluding hydrogens is 252 g/mol. The van der Waals surface area contributed by atoms with Crippen LogP contribution >= 0.6 is 0 Å². The first kappa shape index (κ1) is 12.7. The number of nitrogens with zero attached hydrogens (tertiary/aromatic N) is 5. The molecule has 9 heteroatoms. The highest BCUT2D eigenvalue weighted by Crippen LogP contribution is 2.25. The normalized spacial score (nSPS) is 10.2. The van der Waals surface area contributed by atoms with Crippen LogP contribution in [0.3, 0.4) is 0 Å². The maximum absolute atomic E-state index is 10.9. The first-order valence-electron chi connectivity index (χ1n) is 5.38. The van der Waals surface area contributed by atoms with Gasteiger partial charge in [0.05, 0.1) is 18.6 Å². The van der Waals surface area contributed by atoms with Crippen molar-refractivity contribution in [2.45, 2.75) is 6.54 Å². The van der Waals surface area contributed by atoms with Crippen LogP contribution in [0.4, 0.5) is 11.5 Å². The van der Waals surface area contributed by atoms with Gasteiger partial charge in [-0.1, -0.05) is 0 Å². The number of aryl methyl sites for hydroxylation is 1. The number of aromatic nitrogens is 4. The quantitative estimate of drug-likeness (QED) is 0.626. The van der Waals surface area contributed by atoms with Gasteiger partial charge in [-0.15, -0.1) is 10.2 Å². The minimum absolute atomic E-state index is 0.122. The van der Waals surface area contributed by atoms with Crippen molar-refractivity contribution < 1.29 is 9.66 Å². The molecule has 0 aliphatic rings. The molecule has 0 unspecified atom stereocenters. The molecule has 0 aliphatic heterocycles. The van der Waals surface area contributed by atoms with E-state index in [0.717, 1.165) is 0 Å². The van der Waals surface area contributed by atoms with Crippen LogP contribution in [-0.2, 0) is 13.6 Å². The Bertz CT molecular complexity index is 597. The van der Waals surface area contributed by atoms with Crippen LogP contribution in [0.5, 0.6) is 5.88 Å². The molecule has 2 rings (SSSR count). The fourth-order valence-corrected chi connectivity index (χ4v) is 1.45. The maximum atomic E-state index is 10.9. The van der Waals surface area contributed by atoms with E-state index in [9.17, 15) is 10.1 Å². The van der Waals surface area contributed by atoms with Crippen LogP contribution in [0.1, 0.15) is 5.82 Å². The Balaban J connectivity index is 2.22. The lowest BCUT2D eigenvalue weighted by molar-refractivity contribution is -0.384. The first-order chi connectivity index (χ1) is 9.11. The highest BCUT2D eigenvalue weighted by molar-refractivity contribution is 5.56. The van der Waals surface area contributed by atoms with E-state index in [-0.39, 0.29) is 18.1 Å². The van der Waals surface area contributed by atoms with Gasteiger partial charge >= 0.3 is 5.69 Å². The summed E-state index contributed by atoms with van der Waals surface area (Å²) in [7, 11) is 3.23. The SMILES string of the molecule is COc1ccc([N+](=O)[O-])c(NCc2nncn2C)n1. The van der Waals surface area contributed by atoms with Gasteiger partial charge in [0, 0.05) is 19.2 Å². The molecule has 0 radical (unpaired) electrons. The average molecular weight is 264 g/mol. The van der Waals surface area contributed by atoms with Gasteiger partial charge < -0.3 is 14.6 Å². The molecular formula is C10H12N6O3. The van der Waals surface area contributed by atoms with E-state index < -0.39 is 4.92 Å². The number of methoxy groups -OCH3 is 1. The highest BCUT2D eigenvalue weighted by Gasteiger charge is 2.16. The molecule has 2 heterocycles. The number of pyridine rings is 1. The summed E-state index contributed by atoms with van der Waals surface area (Å²) in [4.78, 5) is 14.4. The second-order valence-electron chi connectivity index (χ2n) is 3.69. The Morgan fingerprint density at radius 1 is 1.53 bits per heavy atom. The van der Waals surface area contributed by atoms with E-state index in [2.05, 4.69) is 20.5 Å². The van der Waals surface area contributed by atoms with Crippen molar-refractivity contribution in [2.75, 3.05) is 12.4 Å². The summed E-state index contributed by atoms with van der Waals surface area (Å²) in [6.45, 7) is 0.275. The molecule has 0 spiro atoms. The predicted molar refractivity (Wildman–Crippen MR) is 65.8 cm³/mol. The molecule has 0 atom stereocenters. The highest BCUT2D eigenvalue weighted by atomic mass is 16.6. The van der Waals surface area contributed by atoms with Crippen molar-refractivity contribution in [1.29, 1.82) is 0 Å². The zero-order valence-corrected chi connectivity index (χ0v) is 10.4. The van der Waals surface area contributed by atoms with Gasteiger partial charge in [0.1, 0.15) is 6.33 Å². The topological polar surface area (TPSA) is 108 Å². The molecule has 19 heavy (non-hydrogen) atoms. The molecule has 1 N–H and O–H groups in total. The third-order valence-corrected chi connectivity index (χ3v) is 2.47. The van der Waals surface area contributed by atoms with Gasteiger partial charge in [-0.2, -0.15) is 4.98 Å². The van der Waals surface area contributed by atoms with Crippen molar-refractivity contribution in [2.24, 2.45) is 7.05 Å². The molecule has 2 aromatic heterocycles. The van der Waals surface area contributed by atoms with Gasteiger partial charge in [0.2, 0.25) is 11.7 Å². The number of anilines is 1. The van der Waals surface area contributed by atoms with Crippen molar-refractivity contribution >= 4 is 11.5 Å². The molecule has 0 bridgehead atoms. The monoisotopic (exact) mass is 264 g/mol. The number of rotatable bonds is 5. The molecule has 100 valence electrons. The molecule has 0 aliphatic carbocycles. The van der Waals surface area contributed by atoms with Crippen molar-refractivity contribution in [3.63, 3.8) is 0 Å². The average Bonchev–Trinajstić information content (AvgIpc) is 2.81. The van der Waals surface area contributed by atoms with Crippen molar-refractivity contribution in [3.8, 4) is 5.88 Å². The standard InChI is InChI=1S/C10H12N6O3/c1-15-6-12-14-8(15)5-11-10-7(16(17)18)3-4-9(13-10)19-2/h3-4,6H,5H2,1-2H3,(H,11,13). The Hall–Kier alpha value is -2.71. The van der Waals surface area contributed by atoms with Gasteiger partial charge in [-0.25, -0.2) is 0 Å². The molecule has 0 saturated heterocycles. The number of hydrogen-bond donors (Lipinski definition) is 1. The van der Waals surface area contributed by atoms with E-state index in [1.807, 2.05) is 0 Å². The lowest BCUT2D eigenvalue weighted by Gasteiger charge is -2.07. The zero-order valence-electron chi connectivity index (χ0n) is 10.4. The fourth-order valence-electron chi connectivity index (χ4n) is 1.45. The second-order valence-corrected chi connectivity index (χ2v) is 3.69. The summed E-state index contributed by atoms with van der Waals surface area (Å²) < 4.78 is 6.65. The summed E-state index contributed by atoms with van der Waals surface area (Å²) >= 11 is 0. The van der Waals surface area contributed by atoms with Crippen LogP contribution in [0.25, 0.3) is 0 Å². The third-order valence-electron chi connectivity index (χ3n) is 2.47. The summed E-state index contributed by atoms with van der Waals surface area (Å²) in [6, 6.07) is 2.77. The Kier molecular flexibility index (Phi) is 3.55. The minimum atomic E-state index is -0.508. The Labute approximate surface area is 108 Å². The van der Waals surface area contributed by atoms with Gasteiger partial charge in [0.15, 0.2) is 5.82 Å². The molecule has 0 aromatic carbocycles. The number of nitrogens with one attached hydrogen (secondary N) is 1. The van der Waals surface area contributed by atoms with Crippen LogP contribution < -0.4 is 10.1 Å². The van der Waals surface area contributed by atoms with E-state index in [0.29, 0.717) is 11.7 Å². The van der Waals surface area contributed by atoms with Gasteiger partial charge in [-0.3, -0.25) is 10.1 Å². The Morgan fingerprint density at radius 2 is 2.32 bits per heavy atom. The molecule has 9 nitrogen and oxygen atoms in total. The summed E-state index contributed by atoms with van der Waals surface area (Å²) in [6.07, 6.45) is 1.55. The smallest absolute Gasteiger partial charge is 0.311 e. The fraction of sp³-hybridized carbons (Fsp3) is 0.300. The van der Waals surface area contributed by atoms with Gasteiger partial charge in [-0.05, 0) is 0 Å². The van der Waals surface area contributed by atoms with Crippen LogP contribution in [-0.4, -0.2) is 31.8 Å². The summed E-state index contributed by atoms with van der Waals surface area (Å²) in [5, 5.41) is 21.3. The first-order valence-corrected chi connectivity index (χ1v) is 5.38. The summed E-state index contributed by atoms with van der Waals surface area (Å²) in [5.41, 5.74) is -0.122. The lowest BCUT2D eigenvalue weighted by Crippen LogP contribution is -2.09. The number of hydrogen-bond acceptors (Lipinski definition) is 7. The van der Waals surface area contributed by atoms with Crippen molar-refractivity contribution in [3.05, 3.63) is 34.4 Å². The maximum Gasteiger partial charge on any atom is 0.311 e. The predicted octanol–water partition coefficient (Wildman–Crippen LogP) is 0.739. The minimum Gasteiger partial charge on any atom is -0.481 e. The molecule has 0 saturated carbocycles. The van der Waals surface area contributed by atoms with Crippen LogP contribution in [0.2, 0.25) is 0 Å². The number of nitro groups is 1. The van der Waals surface area contributed by atoms with E-state index in [1.165, 1.54) is 19.2 Å². The molecule has 0 fully saturated rings. The van der Waals surface area contributed by atoms with E-state index in [4.69, 9.17) is 4.74 Å². The van der Waals surface area contributed by atoms with E-state index in [1.54, 1.807) is 17.9 Å². The molecule has 0 amide bonds. The molecule has 2 aromatic rings. The Morgan fingerprint density at radius 3 is 2.89 bits per heavy atom. The van der Waals surface area contributed by atoms with Crippen molar-refractivity contribution in [1.82, 2.24) is 19.7 Å². The van der Waals surface area contributed by atoms with Crippen LogP contribution in [0.15, 0.2) is 18.5 Å². The zero-order chi connectivity index (χ0) is 13.8. The van der Waals surface area contributed by atoms with Gasteiger partial charge in [0.25, 0.3) is 0 Å². The number of ether oxygens (including phenoxy) is 1. The summed E-state index contributed by atoms with van der Waals surface area (Å²) in [5.74, 6) is 1.07. The van der Waals surface area contributed by atoms with E-state index >= 15 is 0 Å². The lowest BCUT2D eigenvalue weighted by atomic mass is 10.4. The third kappa shape index (κ3) is 2.76. The van der Waals surface area contributed by atoms with Crippen LogP contribution in [0, 0.1) is 10.1 Å².